The summed E-state index contributed by atoms with van der Waals surface area (Å²) in [5.41, 5.74) is 7.09. The smallest absolute Gasteiger partial charge is 0.170 e. The SMILES string of the molecule is Cc1cc(Sc2ccccc2F)ccc1/C(N)=N/O. The monoisotopic (exact) mass is 276 g/mol. The van der Waals surface area contributed by atoms with Gasteiger partial charge in [-0.25, -0.2) is 4.39 Å². The van der Waals surface area contributed by atoms with Crippen LogP contribution in [0.4, 0.5) is 4.39 Å². The summed E-state index contributed by atoms with van der Waals surface area (Å²) in [6.07, 6.45) is 0. The van der Waals surface area contributed by atoms with Crippen molar-refractivity contribution in [3.8, 4) is 0 Å². The van der Waals surface area contributed by atoms with Crippen molar-refractivity contribution in [2.45, 2.75) is 16.7 Å². The maximum Gasteiger partial charge on any atom is 0.170 e. The minimum atomic E-state index is -0.245. The lowest BCUT2D eigenvalue weighted by Crippen LogP contribution is -2.14. The molecule has 0 bridgehead atoms. The fourth-order valence-corrected chi connectivity index (χ4v) is 2.63. The summed E-state index contributed by atoms with van der Waals surface area (Å²) in [5.74, 6) is -0.175. The number of nitrogens with zero attached hydrogens (tertiary/aromatic N) is 1. The number of aryl methyl sites for hydroxylation is 1. The average molecular weight is 276 g/mol. The second-order valence-corrected chi connectivity index (χ2v) is 5.11. The van der Waals surface area contributed by atoms with Crippen LogP contribution in [0, 0.1) is 12.7 Å². The van der Waals surface area contributed by atoms with Crippen molar-refractivity contribution in [2.24, 2.45) is 10.9 Å². The van der Waals surface area contributed by atoms with E-state index < -0.39 is 0 Å². The summed E-state index contributed by atoms with van der Waals surface area (Å²) >= 11 is 1.34. The third-order valence-electron chi connectivity index (χ3n) is 2.65. The summed E-state index contributed by atoms with van der Waals surface area (Å²) in [5, 5.41) is 11.6. The minimum absolute atomic E-state index is 0.0694. The lowest BCUT2D eigenvalue weighted by Gasteiger charge is -2.07. The Hall–Kier alpha value is -2.01. The molecule has 0 unspecified atom stereocenters. The molecule has 0 fully saturated rings. The van der Waals surface area contributed by atoms with Crippen molar-refractivity contribution in [1.82, 2.24) is 0 Å². The van der Waals surface area contributed by atoms with E-state index in [1.54, 1.807) is 24.3 Å². The second-order valence-electron chi connectivity index (χ2n) is 3.99. The molecule has 2 aromatic rings. The first-order chi connectivity index (χ1) is 9.11. The van der Waals surface area contributed by atoms with E-state index in [-0.39, 0.29) is 11.7 Å². The number of hydrogen-bond acceptors (Lipinski definition) is 3. The van der Waals surface area contributed by atoms with E-state index in [1.807, 2.05) is 19.1 Å². The van der Waals surface area contributed by atoms with E-state index in [4.69, 9.17) is 10.9 Å². The molecule has 0 amide bonds. The highest BCUT2D eigenvalue weighted by Gasteiger charge is 2.07. The third kappa shape index (κ3) is 3.06. The molecule has 5 heteroatoms. The number of rotatable bonds is 3. The molecule has 2 rings (SSSR count). The quantitative estimate of drug-likeness (QED) is 0.391. The number of oxime groups is 1. The standard InChI is InChI=1S/C14H13FN2OS/c1-9-8-10(6-7-11(9)14(16)17-18)19-13-5-3-2-4-12(13)15/h2-8,18H,1H3,(H2,16,17). The Morgan fingerprint density at radius 1 is 1.26 bits per heavy atom. The van der Waals surface area contributed by atoms with Crippen LogP contribution >= 0.6 is 11.8 Å². The number of amidine groups is 1. The molecule has 2 aromatic carbocycles. The number of hydrogen-bond donors (Lipinski definition) is 2. The van der Waals surface area contributed by atoms with Crippen molar-refractivity contribution in [2.75, 3.05) is 0 Å². The number of benzene rings is 2. The largest absolute Gasteiger partial charge is 0.409 e. The highest BCUT2D eigenvalue weighted by atomic mass is 32.2. The van der Waals surface area contributed by atoms with E-state index in [2.05, 4.69) is 5.16 Å². The average Bonchev–Trinajstić information content (AvgIpc) is 2.41. The third-order valence-corrected chi connectivity index (χ3v) is 3.69. The van der Waals surface area contributed by atoms with Gasteiger partial charge in [-0.1, -0.05) is 29.1 Å². The van der Waals surface area contributed by atoms with Crippen LogP contribution in [-0.4, -0.2) is 11.0 Å². The predicted molar refractivity (Wildman–Crippen MR) is 74.2 cm³/mol. The molecule has 0 aliphatic carbocycles. The molecule has 0 saturated carbocycles. The Labute approximate surface area is 114 Å². The van der Waals surface area contributed by atoms with Crippen LogP contribution in [0.15, 0.2) is 57.4 Å². The first-order valence-corrected chi connectivity index (χ1v) is 6.44. The summed E-state index contributed by atoms with van der Waals surface area (Å²) < 4.78 is 13.5. The van der Waals surface area contributed by atoms with Gasteiger partial charge in [-0.2, -0.15) is 0 Å². The van der Waals surface area contributed by atoms with Crippen LogP contribution in [0.5, 0.6) is 0 Å². The van der Waals surface area contributed by atoms with Crippen molar-refractivity contribution >= 4 is 17.6 Å². The Bertz CT molecular complexity index is 629. The minimum Gasteiger partial charge on any atom is -0.409 e. The van der Waals surface area contributed by atoms with Crippen LogP contribution in [0.2, 0.25) is 0 Å². The molecule has 0 aliphatic heterocycles. The summed E-state index contributed by atoms with van der Waals surface area (Å²) in [6.45, 7) is 1.86. The zero-order chi connectivity index (χ0) is 13.8. The van der Waals surface area contributed by atoms with Crippen LogP contribution in [0.1, 0.15) is 11.1 Å². The lowest BCUT2D eigenvalue weighted by molar-refractivity contribution is 0.318. The lowest BCUT2D eigenvalue weighted by atomic mass is 10.1. The maximum absolute atomic E-state index is 13.5. The molecule has 0 spiro atoms. The van der Waals surface area contributed by atoms with Gasteiger partial charge in [0.2, 0.25) is 0 Å². The summed E-state index contributed by atoms with van der Waals surface area (Å²) in [7, 11) is 0. The molecule has 0 radical (unpaired) electrons. The van der Waals surface area contributed by atoms with Gasteiger partial charge in [0.25, 0.3) is 0 Å². The van der Waals surface area contributed by atoms with Gasteiger partial charge in [-0.15, -0.1) is 0 Å². The molecule has 0 aromatic heterocycles. The van der Waals surface area contributed by atoms with E-state index in [1.165, 1.54) is 17.8 Å². The number of halogens is 1. The molecule has 0 atom stereocenters. The molecule has 3 N–H and O–H groups in total. The Morgan fingerprint density at radius 3 is 2.63 bits per heavy atom. The van der Waals surface area contributed by atoms with Gasteiger partial charge < -0.3 is 10.9 Å². The Kier molecular flexibility index (Phi) is 4.06. The van der Waals surface area contributed by atoms with E-state index in [0.29, 0.717) is 10.5 Å². The molecule has 0 heterocycles. The predicted octanol–water partition coefficient (Wildman–Crippen LogP) is 3.38. The molecular formula is C14H13FN2OS. The fourth-order valence-electron chi connectivity index (χ4n) is 1.70. The molecule has 0 saturated heterocycles. The first-order valence-electron chi connectivity index (χ1n) is 5.62. The van der Waals surface area contributed by atoms with Gasteiger partial charge in [-0.05, 0) is 42.8 Å². The highest BCUT2D eigenvalue weighted by Crippen LogP contribution is 2.30. The zero-order valence-electron chi connectivity index (χ0n) is 10.3. The normalized spacial score (nSPS) is 11.6. The zero-order valence-corrected chi connectivity index (χ0v) is 11.1. The first kappa shape index (κ1) is 13.4. The highest BCUT2D eigenvalue weighted by molar-refractivity contribution is 7.99. The molecule has 3 nitrogen and oxygen atoms in total. The Balaban J connectivity index is 2.29. The van der Waals surface area contributed by atoms with E-state index in [0.717, 1.165) is 10.5 Å². The van der Waals surface area contributed by atoms with Crippen LogP contribution in [-0.2, 0) is 0 Å². The molecular weight excluding hydrogens is 263 g/mol. The maximum atomic E-state index is 13.5. The van der Waals surface area contributed by atoms with Gasteiger partial charge in [-0.3, -0.25) is 0 Å². The summed E-state index contributed by atoms with van der Waals surface area (Å²) in [6, 6.07) is 12.1. The fraction of sp³-hybridized carbons (Fsp3) is 0.0714. The van der Waals surface area contributed by atoms with Crippen molar-refractivity contribution in [3.05, 3.63) is 59.4 Å². The van der Waals surface area contributed by atoms with Gasteiger partial charge in [0.1, 0.15) is 5.82 Å². The van der Waals surface area contributed by atoms with Crippen LogP contribution in [0.3, 0.4) is 0 Å². The molecule has 0 aliphatic rings. The Morgan fingerprint density at radius 2 is 2.00 bits per heavy atom. The van der Waals surface area contributed by atoms with E-state index >= 15 is 0 Å². The van der Waals surface area contributed by atoms with Crippen molar-refractivity contribution in [1.29, 1.82) is 0 Å². The van der Waals surface area contributed by atoms with Gasteiger partial charge in [0.05, 0.1) is 0 Å². The van der Waals surface area contributed by atoms with Crippen molar-refractivity contribution < 1.29 is 9.60 Å². The van der Waals surface area contributed by atoms with Gasteiger partial charge in [0.15, 0.2) is 5.84 Å². The van der Waals surface area contributed by atoms with Gasteiger partial charge in [0, 0.05) is 15.4 Å². The van der Waals surface area contributed by atoms with Crippen LogP contribution in [0.25, 0.3) is 0 Å². The molecule has 98 valence electrons. The topological polar surface area (TPSA) is 58.6 Å². The van der Waals surface area contributed by atoms with E-state index in [9.17, 15) is 4.39 Å². The second kappa shape index (κ2) is 5.75. The van der Waals surface area contributed by atoms with Gasteiger partial charge >= 0.3 is 0 Å². The van der Waals surface area contributed by atoms with Crippen molar-refractivity contribution in [3.63, 3.8) is 0 Å². The number of nitrogens with two attached hydrogens (primary N) is 1. The molecule has 19 heavy (non-hydrogen) atoms. The summed E-state index contributed by atoms with van der Waals surface area (Å²) in [4.78, 5) is 1.47. The van der Waals surface area contributed by atoms with Crippen LogP contribution < -0.4 is 5.73 Å².